The Morgan fingerprint density at radius 2 is 1.71 bits per heavy atom. The number of benzene rings is 2. The zero-order valence-electron chi connectivity index (χ0n) is 14.9. The topological polar surface area (TPSA) is 98.8 Å². The van der Waals surface area contributed by atoms with Gasteiger partial charge in [-0.1, -0.05) is 24.6 Å². The van der Waals surface area contributed by atoms with E-state index in [0.29, 0.717) is 17.7 Å². The van der Waals surface area contributed by atoms with Gasteiger partial charge in [-0.05, 0) is 43.2 Å². The predicted octanol–water partition coefficient (Wildman–Crippen LogP) is 2.82. The molecule has 3 aromatic rings. The number of piperidine rings is 1. The van der Waals surface area contributed by atoms with Crippen LogP contribution in [-0.4, -0.2) is 36.5 Å². The number of carbonyl (C=O) groups is 1. The van der Waals surface area contributed by atoms with Gasteiger partial charge in [0.25, 0.3) is 0 Å². The van der Waals surface area contributed by atoms with Gasteiger partial charge in [-0.15, -0.1) is 0 Å². The lowest BCUT2D eigenvalue weighted by molar-refractivity contribution is 0.201. The van der Waals surface area contributed by atoms with Crippen LogP contribution in [0.3, 0.4) is 0 Å². The van der Waals surface area contributed by atoms with Crippen molar-refractivity contribution < 1.29 is 22.4 Å². The van der Waals surface area contributed by atoms with Gasteiger partial charge in [0.2, 0.25) is 10.0 Å². The van der Waals surface area contributed by atoms with Crippen molar-refractivity contribution >= 4 is 27.2 Å². The molecule has 0 unspecified atom stereocenters. The lowest BCUT2D eigenvalue weighted by Crippen LogP contribution is -2.35. The Kier molecular flexibility index (Phi) is 4.78. The molecule has 1 aliphatic rings. The van der Waals surface area contributed by atoms with Crippen LogP contribution < -0.4 is 10.5 Å². The minimum Gasteiger partial charge on any atom is -0.410 e. The summed E-state index contributed by atoms with van der Waals surface area (Å²) in [5, 5.41) is 0. The number of oxazole rings is 1. The first kappa shape index (κ1) is 18.5. The number of para-hydroxylation sites is 1. The molecule has 2 heterocycles. The van der Waals surface area contributed by atoms with Gasteiger partial charge in [0, 0.05) is 13.1 Å². The average Bonchev–Trinajstić information content (AvgIpc) is 3.04. The fourth-order valence-electron chi connectivity index (χ4n) is 3.22. The number of sulfonamides is 1. The van der Waals surface area contributed by atoms with Gasteiger partial charge in [0.1, 0.15) is 11.3 Å². The maximum absolute atomic E-state index is 12.9. The third-order valence-corrected chi connectivity index (χ3v) is 6.53. The summed E-state index contributed by atoms with van der Waals surface area (Å²) < 4.78 is 38.2. The van der Waals surface area contributed by atoms with Crippen LogP contribution in [0.15, 0.2) is 62.6 Å². The summed E-state index contributed by atoms with van der Waals surface area (Å²) in [6, 6.07) is 12.3. The molecule has 4 rings (SSSR count). The van der Waals surface area contributed by atoms with E-state index in [1.807, 2.05) is 0 Å². The van der Waals surface area contributed by atoms with Gasteiger partial charge < -0.3 is 9.15 Å². The van der Waals surface area contributed by atoms with Crippen molar-refractivity contribution in [3.63, 3.8) is 0 Å². The van der Waals surface area contributed by atoms with Crippen LogP contribution in [0.1, 0.15) is 19.3 Å². The fourth-order valence-corrected chi connectivity index (χ4v) is 4.76. The van der Waals surface area contributed by atoms with Crippen molar-refractivity contribution in [1.29, 1.82) is 0 Å². The molecule has 0 atom stereocenters. The molecular formula is C19H18N2O6S. The quantitative estimate of drug-likeness (QED) is 0.668. The van der Waals surface area contributed by atoms with Crippen LogP contribution in [-0.2, 0) is 10.0 Å². The number of rotatable bonds is 3. The minimum atomic E-state index is -3.72. The summed E-state index contributed by atoms with van der Waals surface area (Å²) in [6.07, 6.45) is 1.64. The molecule has 28 heavy (non-hydrogen) atoms. The van der Waals surface area contributed by atoms with Gasteiger partial charge in [-0.3, -0.25) is 0 Å². The molecule has 1 aromatic heterocycles. The van der Waals surface area contributed by atoms with Gasteiger partial charge in [0.15, 0.2) is 5.58 Å². The SMILES string of the molecule is O=C(Oc1ccccc1)n1c(=O)oc2ccc(S(=O)(=O)N3CCCCC3)cc21. The molecule has 0 radical (unpaired) electrons. The first-order valence-electron chi connectivity index (χ1n) is 8.90. The fraction of sp³-hybridized carbons (Fsp3) is 0.263. The van der Waals surface area contributed by atoms with E-state index in [9.17, 15) is 18.0 Å². The molecule has 0 spiro atoms. The number of fused-ring (bicyclic) bond motifs is 1. The van der Waals surface area contributed by atoms with Crippen LogP contribution in [0.4, 0.5) is 4.79 Å². The van der Waals surface area contributed by atoms with E-state index in [-0.39, 0.29) is 21.7 Å². The molecular weight excluding hydrogens is 384 g/mol. The molecule has 9 heteroatoms. The second kappa shape index (κ2) is 7.25. The van der Waals surface area contributed by atoms with Crippen LogP contribution in [0.2, 0.25) is 0 Å². The highest BCUT2D eigenvalue weighted by Crippen LogP contribution is 2.24. The zero-order valence-corrected chi connectivity index (χ0v) is 15.7. The molecule has 0 N–H and O–H groups in total. The highest BCUT2D eigenvalue weighted by molar-refractivity contribution is 7.89. The highest BCUT2D eigenvalue weighted by atomic mass is 32.2. The summed E-state index contributed by atoms with van der Waals surface area (Å²) in [4.78, 5) is 24.7. The third-order valence-electron chi connectivity index (χ3n) is 4.63. The van der Waals surface area contributed by atoms with E-state index in [4.69, 9.17) is 9.15 Å². The molecule has 0 amide bonds. The molecule has 2 aromatic carbocycles. The Bertz CT molecular complexity index is 1170. The van der Waals surface area contributed by atoms with Crippen LogP contribution in [0.5, 0.6) is 5.75 Å². The second-order valence-electron chi connectivity index (χ2n) is 6.48. The zero-order chi connectivity index (χ0) is 19.7. The van der Waals surface area contributed by atoms with E-state index in [0.717, 1.165) is 19.3 Å². The van der Waals surface area contributed by atoms with E-state index in [1.54, 1.807) is 30.3 Å². The van der Waals surface area contributed by atoms with Gasteiger partial charge in [-0.2, -0.15) is 8.87 Å². The molecule has 0 aliphatic carbocycles. The summed E-state index contributed by atoms with van der Waals surface area (Å²) in [5.74, 6) is -0.686. The van der Waals surface area contributed by atoms with Crippen molar-refractivity contribution in [1.82, 2.24) is 8.87 Å². The van der Waals surface area contributed by atoms with Gasteiger partial charge >= 0.3 is 11.8 Å². The van der Waals surface area contributed by atoms with Crippen molar-refractivity contribution in [2.24, 2.45) is 0 Å². The average molecular weight is 402 g/mol. The summed E-state index contributed by atoms with van der Waals surface area (Å²) in [6.45, 7) is 0.906. The predicted molar refractivity (Wildman–Crippen MR) is 101 cm³/mol. The normalized spacial score (nSPS) is 15.6. The highest BCUT2D eigenvalue weighted by Gasteiger charge is 2.27. The smallest absolute Gasteiger partial charge is 0.410 e. The van der Waals surface area contributed by atoms with Crippen molar-refractivity contribution in [3.8, 4) is 5.75 Å². The number of aromatic nitrogens is 1. The third kappa shape index (κ3) is 3.34. The minimum absolute atomic E-state index is 0.00367. The van der Waals surface area contributed by atoms with Gasteiger partial charge in [0.05, 0.1) is 4.90 Å². The summed E-state index contributed by atoms with van der Waals surface area (Å²) >= 11 is 0. The van der Waals surface area contributed by atoms with E-state index < -0.39 is 21.9 Å². The van der Waals surface area contributed by atoms with E-state index in [1.165, 1.54) is 22.5 Å². The Morgan fingerprint density at radius 1 is 1.00 bits per heavy atom. The van der Waals surface area contributed by atoms with Crippen molar-refractivity contribution in [2.45, 2.75) is 24.2 Å². The Balaban J connectivity index is 1.74. The summed E-state index contributed by atoms with van der Waals surface area (Å²) in [7, 11) is -3.72. The number of ether oxygens (including phenoxy) is 1. The number of carbonyl (C=O) groups excluding carboxylic acids is 1. The van der Waals surface area contributed by atoms with E-state index >= 15 is 0 Å². The lowest BCUT2D eigenvalue weighted by Gasteiger charge is -2.25. The van der Waals surface area contributed by atoms with E-state index in [2.05, 4.69) is 0 Å². The van der Waals surface area contributed by atoms with Crippen LogP contribution in [0, 0.1) is 0 Å². The molecule has 0 bridgehead atoms. The van der Waals surface area contributed by atoms with Crippen LogP contribution >= 0.6 is 0 Å². The number of nitrogens with zero attached hydrogens (tertiary/aromatic N) is 2. The monoisotopic (exact) mass is 402 g/mol. The first-order chi connectivity index (χ1) is 13.5. The largest absolute Gasteiger partial charge is 0.429 e. The maximum Gasteiger partial charge on any atom is 0.429 e. The molecule has 146 valence electrons. The Hall–Kier alpha value is -2.91. The second-order valence-corrected chi connectivity index (χ2v) is 8.42. The molecule has 1 saturated heterocycles. The first-order valence-corrected chi connectivity index (χ1v) is 10.3. The van der Waals surface area contributed by atoms with Gasteiger partial charge in [-0.25, -0.2) is 18.0 Å². The number of hydrogen-bond acceptors (Lipinski definition) is 6. The number of hydrogen-bond donors (Lipinski definition) is 0. The standard InChI is InChI=1S/C19H18N2O6S/c22-18(26-14-7-3-1-4-8-14)21-16-13-15(9-10-17(16)27-19(21)23)28(24,25)20-11-5-2-6-12-20/h1,3-4,7-10,13H,2,5-6,11-12H2. The Labute approximate surface area is 161 Å². The lowest BCUT2D eigenvalue weighted by atomic mass is 10.2. The maximum atomic E-state index is 12.9. The Morgan fingerprint density at radius 3 is 2.43 bits per heavy atom. The van der Waals surface area contributed by atoms with Crippen molar-refractivity contribution in [3.05, 3.63) is 59.1 Å². The molecule has 1 aliphatic heterocycles. The molecule has 1 fully saturated rings. The molecule has 8 nitrogen and oxygen atoms in total. The van der Waals surface area contributed by atoms with Crippen LogP contribution in [0.25, 0.3) is 11.1 Å². The summed E-state index contributed by atoms with van der Waals surface area (Å²) in [5.41, 5.74) is 0.150. The molecule has 0 saturated carbocycles. The van der Waals surface area contributed by atoms with Crippen molar-refractivity contribution in [2.75, 3.05) is 13.1 Å².